The van der Waals surface area contributed by atoms with Gasteiger partial charge in [-0.2, -0.15) is 0 Å². The molecular formula is C13H15Cl2N3O2. The number of amides is 2. The summed E-state index contributed by atoms with van der Waals surface area (Å²) in [6.45, 7) is 4.63. The molecule has 1 unspecified atom stereocenters. The van der Waals surface area contributed by atoms with Crippen LogP contribution in [0, 0.1) is 5.92 Å². The second-order valence-electron chi connectivity index (χ2n) is 4.94. The zero-order chi connectivity index (χ0) is 14.9. The highest BCUT2D eigenvalue weighted by Gasteiger charge is 2.36. The number of halogens is 2. The summed E-state index contributed by atoms with van der Waals surface area (Å²) in [6.07, 6.45) is 0. The van der Waals surface area contributed by atoms with Crippen LogP contribution in [-0.2, 0) is 4.79 Å². The smallest absolute Gasteiger partial charge is 0.274 e. The lowest BCUT2D eigenvalue weighted by Gasteiger charge is -2.37. The van der Waals surface area contributed by atoms with E-state index in [0.29, 0.717) is 13.1 Å². The largest absolute Gasteiger partial charge is 0.353 e. The molecule has 1 atom stereocenters. The maximum Gasteiger partial charge on any atom is 0.274 e. The number of nitrogens with zero attached hydrogens (tertiary/aromatic N) is 2. The van der Waals surface area contributed by atoms with Gasteiger partial charge in [0.2, 0.25) is 5.91 Å². The molecule has 2 amide bonds. The van der Waals surface area contributed by atoms with Gasteiger partial charge in [-0.25, -0.2) is 4.98 Å². The molecule has 0 aliphatic carbocycles. The van der Waals surface area contributed by atoms with E-state index in [1.165, 1.54) is 17.0 Å². The lowest BCUT2D eigenvalue weighted by atomic mass is 9.99. The summed E-state index contributed by atoms with van der Waals surface area (Å²) in [7, 11) is 0. The fourth-order valence-corrected chi connectivity index (χ4v) is 2.61. The second-order valence-corrected chi connectivity index (χ2v) is 5.74. The maximum atomic E-state index is 12.6. The summed E-state index contributed by atoms with van der Waals surface area (Å²) in [5.41, 5.74) is 0.0829. The molecule has 1 fully saturated rings. The van der Waals surface area contributed by atoms with Gasteiger partial charge in [0.05, 0.1) is 5.02 Å². The van der Waals surface area contributed by atoms with E-state index in [-0.39, 0.29) is 33.6 Å². The molecule has 1 saturated heterocycles. The van der Waals surface area contributed by atoms with E-state index in [1.807, 2.05) is 13.8 Å². The molecule has 0 saturated carbocycles. The van der Waals surface area contributed by atoms with E-state index < -0.39 is 6.04 Å². The van der Waals surface area contributed by atoms with Crippen molar-refractivity contribution in [2.24, 2.45) is 5.92 Å². The van der Waals surface area contributed by atoms with Crippen molar-refractivity contribution in [3.8, 4) is 0 Å². The van der Waals surface area contributed by atoms with Crippen LogP contribution >= 0.6 is 23.2 Å². The fraction of sp³-hybridized carbons (Fsp3) is 0.462. The molecule has 0 radical (unpaired) electrons. The summed E-state index contributed by atoms with van der Waals surface area (Å²) in [4.78, 5) is 30.0. The van der Waals surface area contributed by atoms with Crippen LogP contribution in [0.25, 0.3) is 0 Å². The van der Waals surface area contributed by atoms with Crippen LogP contribution in [0.4, 0.5) is 0 Å². The molecule has 2 heterocycles. The number of aromatic nitrogens is 1. The molecule has 5 nitrogen and oxygen atoms in total. The van der Waals surface area contributed by atoms with Gasteiger partial charge in [-0.3, -0.25) is 9.59 Å². The van der Waals surface area contributed by atoms with Gasteiger partial charge in [0.15, 0.2) is 0 Å². The molecule has 2 rings (SSSR count). The third-order valence-electron chi connectivity index (χ3n) is 3.16. The number of piperazine rings is 1. The average molecular weight is 316 g/mol. The van der Waals surface area contributed by atoms with Crippen molar-refractivity contribution in [3.63, 3.8) is 0 Å². The summed E-state index contributed by atoms with van der Waals surface area (Å²) in [5, 5.41) is 3.19. The molecule has 1 aromatic rings. The van der Waals surface area contributed by atoms with Crippen molar-refractivity contribution in [1.82, 2.24) is 15.2 Å². The van der Waals surface area contributed by atoms with Crippen molar-refractivity contribution in [2.45, 2.75) is 19.9 Å². The number of pyridine rings is 1. The van der Waals surface area contributed by atoms with Crippen LogP contribution in [0.5, 0.6) is 0 Å². The van der Waals surface area contributed by atoms with Crippen LogP contribution < -0.4 is 5.32 Å². The van der Waals surface area contributed by atoms with Crippen LogP contribution in [0.2, 0.25) is 10.2 Å². The Kier molecular flexibility index (Phi) is 4.50. The number of rotatable bonds is 2. The highest BCUT2D eigenvalue weighted by atomic mass is 35.5. The van der Waals surface area contributed by atoms with E-state index in [2.05, 4.69) is 10.3 Å². The highest BCUT2D eigenvalue weighted by Crippen LogP contribution is 2.22. The van der Waals surface area contributed by atoms with Crippen molar-refractivity contribution < 1.29 is 9.59 Å². The molecule has 1 aliphatic heterocycles. The first-order valence-electron chi connectivity index (χ1n) is 6.32. The van der Waals surface area contributed by atoms with Crippen molar-refractivity contribution >= 4 is 35.0 Å². The van der Waals surface area contributed by atoms with Gasteiger partial charge < -0.3 is 10.2 Å². The molecule has 1 N–H and O–H groups in total. The first kappa shape index (κ1) is 15.1. The third-order valence-corrected chi connectivity index (χ3v) is 3.68. The molecule has 108 valence electrons. The Balaban J connectivity index is 2.35. The summed E-state index contributed by atoms with van der Waals surface area (Å²) >= 11 is 11.8. The number of hydrogen-bond acceptors (Lipinski definition) is 3. The topological polar surface area (TPSA) is 62.3 Å². The minimum atomic E-state index is -0.520. The van der Waals surface area contributed by atoms with Gasteiger partial charge in [-0.1, -0.05) is 37.0 Å². The highest BCUT2D eigenvalue weighted by molar-refractivity contribution is 6.34. The molecule has 20 heavy (non-hydrogen) atoms. The molecule has 1 aliphatic rings. The number of hydrogen-bond donors (Lipinski definition) is 1. The third kappa shape index (κ3) is 2.88. The normalized spacial score (nSPS) is 19.1. The maximum absolute atomic E-state index is 12.6. The van der Waals surface area contributed by atoms with Gasteiger partial charge in [0, 0.05) is 13.1 Å². The standard InChI is InChI=1S/C13H15Cl2N3O2/c1-7(2)11-12(19)16-5-6-18(11)13(20)10-8(14)3-4-9(15)17-10/h3-4,7,11H,5-6H2,1-2H3,(H,16,19). The second kappa shape index (κ2) is 5.97. The van der Waals surface area contributed by atoms with Gasteiger partial charge in [0.1, 0.15) is 16.9 Å². The molecule has 0 bridgehead atoms. The Morgan fingerprint density at radius 1 is 1.45 bits per heavy atom. The molecule has 7 heteroatoms. The van der Waals surface area contributed by atoms with E-state index in [1.54, 1.807) is 0 Å². The Bertz CT molecular complexity index is 548. The van der Waals surface area contributed by atoms with Crippen molar-refractivity contribution in [1.29, 1.82) is 0 Å². The molecule has 1 aromatic heterocycles. The first-order chi connectivity index (χ1) is 9.41. The van der Waals surface area contributed by atoms with Crippen LogP contribution in [-0.4, -0.2) is 40.8 Å². The predicted octanol–water partition coefficient (Wildman–Crippen LogP) is 1.98. The number of carbonyl (C=O) groups excluding carboxylic acids is 2. The average Bonchev–Trinajstić information content (AvgIpc) is 2.40. The summed E-state index contributed by atoms with van der Waals surface area (Å²) in [5.74, 6) is -0.527. The Morgan fingerprint density at radius 3 is 2.80 bits per heavy atom. The van der Waals surface area contributed by atoms with Crippen LogP contribution in [0.15, 0.2) is 12.1 Å². The summed E-state index contributed by atoms with van der Waals surface area (Å²) in [6, 6.07) is 2.52. The summed E-state index contributed by atoms with van der Waals surface area (Å²) < 4.78 is 0. The quantitative estimate of drug-likeness (QED) is 0.849. The van der Waals surface area contributed by atoms with Gasteiger partial charge >= 0.3 is 0 Å². The Hall–Kier alpha value is -1.33. The van der Waals surface area contributed by atoms with E-state index in [9.17, 15) is 9.59 Å². The van der Waals surface area contributed by atoms with Gasteiger partial charge in [0.25, 0.3) is 5.91 Å². The number of nitrogens with one attached hydrogen (secondary N) is 1. The van der Waals surface area contributed by atoms with Crippen molar-refractivity contribution in [2.75, 3.05) is 13.1 Å². The Morgan fingerprint density at radius 2 is 2.15 bits per heavy atom. The first-order valence-corrected chi connectivity index (χ1v) is 7.08. The zero-order valence-corrected chi connectivity index (χ0v) is 12.7. The lowest BCUT2D eigenvalue weighted by Crippen LogP contribution is -2.59. The number of carbonyl (C=O) groups is 2. The SMILES string of the molecule is CC(C)C1C(=O)NCCN1C(=O)c1nc(Cl)ccc1Cl. The van der Waals surface area contributed by atoms with E-state index in [0.717, 1.165) is 0 Å². The minimum Gasteiger partial charge on any atom is -0.353 e. The predicted molar refractivity (Wildman–Crippen MR) is 76.9 cm³/mol. The molecular weight excluding hydrogens is 301 g/mol. The van der Waals surface area contributed by atoms with Gasteiger partial charge in [-0.05, 0) is 18.1 Å². The Labute approximate surface area is 127 Å². The van der Waals surface area contributed by atoms with Crippen molar-refractivity contribution in [3.05, 3.63) is 28.0 Å². The van der Waals surface area contributed by atoms with E-state index in [4.69, 9.17) is 23.2 Å². The monoisotopic (exact) mass is 315 g/mol. The minimum absolute atomic E-state index is 0.00258. The van der Waals surface area contributed by atoms with Crippen LogP contribution in [0.1, 0.15) is 24.3 Å². The van der Waals surface area contributed by atoms with E-state index >= 15 is 0 Å². The molecule has 0 aromatic carbocycles. The van der Waals surface area contributed by atoms with Gasteiger partial charge in [-0.15, -0.1) is 0 Å². The molecule has 0 spiro atoms. The van der Waals surface area contributed by atoms with Crippen LogP contribution in [0.3, 0.4) is 0 Å². The lowest BCUT2D eigenvalue weighted by molar-refractivity contribution is -0.129. The fourth-order valence-electron chi connectivity index (χ4n) is 2.28. The zero-order valence-electron chi connectivity index (χ0n) is 11.2.